The highest BCUT2D eigenvalue weighted by atomic mass is 16.5. The van der Waals surface area contributed by atoms with Gasteiger partial charge in [0.05, 0.1) is 11.6 Å². The van der Waals surface area contributed by atoms with E-state index in [9.17, 15) is 0 Å². The van der Waals surface area contributed by atoms with E-state index in [1.807, 2.05) is 0 Å². The molecule has 6 heteroatoms. The van der Waals surface area contributed by atoms with E-state index in [1.54, 1.807) is 16.9 Å². The van der Waals surface area contributed by atoms with E-state index in [0.717, 1.165) is 12.8 Å². The summed E-state index contributed by atoms with van der Waals surface area (Å²) in [4.78, 5) is 0. The van der Waals surface area contributed by atoms with Crippen molar-refractivity contribution in [2.75, 3.05) is 13.2 Å². The molecule has 2 N–H and O–H groups in total. The molecule has 2 rings (SSSR count). The second-order valence-electron chi connectivity index (χ2n) is 3.42. The minimum atomic E-state index is -1.44. The average molecular weight is 196 g/mol. The molecule has 2 heterocycles. The second kappa shape index (κ2) is 4.12. The van der Waals surface area contributed by atoms with E-state index in [1.165, 1.54) is 0 Å². The van der Waals surface area contributed by atoms with Crippen LogP contribution in [0.5, 0.6) is 0 Å². The maximum absolute atomic E-state index is 9.09. The Labute approximate surface area is 82.5 Å². The SMILES string of the molecule is OB(O)c1ccnn1C1CCOCC1. The molecule has 0 spiro atoms. The molecule has 0 amide bonds. The van der Waals surface area contributed by atoms with Gasteiger partial charge in [0.1, 0.15) is 0 Å². The lowest BCUT2D eigenvalue weighted by atomic mass is 9.85. The first-order valence-corrected chi connectivity index (χ1v) is 4.76. The Bertz CT molecular complexity index is 297. The van der Waals surface area contributed by atoms with Crippen molar-refractivity contribution < 1.29 is 14.8 Å². The standard InChI is InChI=1S/C8H13BN2O3/c12-9(13)8-1-4-10-11(8)7-2-5-14-6-3-7/h1,4,7,12-13H,2-3,5-6H2. The fraction of sp³-hybridized carbons (Fsp3) is 0.625. The summed E-state index contributed by atoms with van der Waals surface area (Å²) in [5, 5.41) is 22.3. The second-order valence-corrected chi connectivity index (χ2v) is 3.42. The summed E-state index contributed by atoms with van der Waals surface area (Å²) in [7, 11) is -1.44. The van der Waals surface area contributed by atoms with Crippen molar-refractivity contribution >= 4 is 12.7 Å². The summed E-state index contributed by atoms with van der Waals surface area (Å²) in [6, 6.07) is 1.86. The van der Waals surface area contributed by atoms with E-state index in [2.05, 4.69) is 5.10 Å². The lowest BCUT2D eigenvalue weighted by Gasteiger charge is -2.24. The first-order valence-electron chi connectivity index (χ1n) is 4.76. The van der Waals surface area contributed by atoms with Crippen molar-refractivity contribution in [2.24, 2.45) is 0 Å². The first kappa shape index (κ1) is 9.70. The van der Waals surface area contributed by atoms with E-state index < -0.39 is 7.12 Å². The summed E-state index contributed by atoms with van der Waals surface area (Å²) < 4.78 is 6.92. The highest BCUT2D eigenvalue weighted by Gasteiger charge is 2.23. The Morgan fingerprint density at radius 2 is 2.14 bits per heavy atom. The van der Waals surface area contributed by atoms with Gasteiger partial charge in [0, 0.05) is 19.4 Å². The molecule has 0 unspecified atom stereocenters. The molecular formula is C8H13BN2O3. The minimum absolute atomic E-state index is 0.232. The molecule has 5 nitrogen and oxygen atoms in total. The van der Waals surface area contributed by atoms with Crippen LogP contribution in [-0.4, -0.2) is 40.2 Å². The third kappa shape index (κ3) is 1.82. The summed E-state index contributed by atoms with van der Waals surface area (Å²) in [6.45, 7) is 1.43. The van der Waals surface area contributed by atoms with Crippen molar-refractivity contribution in [3.8, 4) is 0 Å². The van der Waals surface area contributed by atoms with Gasteiger partial charge in [-0.2, -0.15) is 5.10 Å². The maximum Gasteiger partial charge on any atom is 0.507 e. The Kier molecular flexibility index (Phi) is 2.86. The van der Waals surface area contributed by atoms with E-state index >= 15 is 0 Å². The van der Waals surface area contributed by atoms with Gasteiger partial charge in [0.25, 0.3) is 0 Å². The quantitative estimate of drug-likeness (QED) is 0.590. The van der Waals surface area contributed by atoms with E-state index in [-0.39, 0.29) is 6.04 Å². The number of nitrogens with zero attached hydrogens (tertiary/aromatic N) is 2. The Morgan fingerprint density at radius 1 is 1.43 bits per heavy atom. The van der Waals surface area contributed by atoms with Crippen LogP contribution in [0.2, 0.25) is 0 Å². The molecule has 0 aliphatic carbocycles. The zero-order valence-electron chi connectivity index (χ0n) is 7.83. The molecule has 0 atom stereocenters. The number of rotatable bonds is 2. The molecule has 1 aromatic rings. The molecule has 0 saturated carbocycles. The van der Waals surface area contributed by atoms with Crippen LogP contribution in [0.15, 0.2) is 12.3 Å². The molecule has 0 radical (unpaired) electrons. The Morgan fingerprint density at radius 3 is 2.79 bits per heavy atom. The van der Waals surface area contributed by atoms with Gasteiger partial charge in [-0.1, -0.05) is 0 Å². The van der Waals surface area contributed by atoms with Crippen molar-refractivity contribution in [1.82, 2.24) is 9.78 Å². The van der Waals surface area contributed by atoms with Crippen LogP contribution in [0.1, 0.15) is 18.9 Å². The largest absolute Gasteiger partial charge is 0.507 e. The molecule has 76 valence electrons. The Hall–Kier alpha value is -0.845. The summed E-state index contributed by atoms with van der Waals surface area (Å²) >= 11 is 0. The zero-order valence-corrected chi connectivity index (χ0v) is 7.83. The molecular weight excluding hydrogens is 183 g/mol. The van der Waals surface area contributed by atoms with E-state index in [4.69, 9.17) is 14.8 Å². The van der Waals surface area contributed by atoms with Gasteiger partial charge in [0.2, 0.25) is 0 Å². The van der Waals surface area contributed by atoms with Gasteiger partial charge in [-0.3, -0.25) is 4.68 Å². The van der Waals surface area contributed by atoms with Crippen LogP contribution in [0, 0.1) is 0 Å². The highest BCUT2D eigenvalue weighted by molar-refractivity contribution is 6.57. The van der Waals surface area contributed by atoms with Gasteiger partial charge in [-0.25, -0.2) is 0 Å². The lowest BCUT2D eigenvalue weighted by molar-refractivity contribution is 0.0669. The molecule has 0 aromatic carbocycles. The van der Waals surface area contributed by atoms with Crippen molar-refractivity contribution in [2.45, 2.75) is 18.9 Å². The van der Waals surface area contributed by atoms with Crippen LogP contribution in [0.25, 0.3) is 0 Å². The topological polar surface area (TPSA) is 67.5 Å². The molecule has 0 bridgehead atoms. The summed E-state index contributed by atoms with van der Waals surface area (Å²) in [5.74, 6) is 0. The normalized spacial score (nSPS) is 18.4. The van der Waals surface area contributed by atoms with Crippen LogP contribution >= 0.6 is 0 Å². The third-order valence-electron chi connectivity index (χ3n) is 2.50. The van der Waals surface area contributed by atoms with Crippen molar-refractivity contribution in [3.63, 3.8) is 0 Å². The zero-order chi connectivity index (χ0) is 9.97. The number of hydrogen-bond donors (Lipinski definition) is 2. The lowest BCUT2D eigenvalue weighted by Crippen LogP contribution is -2.39. The van der Waals surface area contributed by atoms with Gasteiger partial charge in [0.15, 0.2) is 0 Å². The smallest absolute Gasteiger partial charge is 0.422 e. The monoisotopic (exact) mass is 196 g/mol. The van der Waals surface area contributed by atoms with Gasteiger partial charge in [-0.15, -0.1) is 0 Å². The molecule has 1 fully saturated rings. The minimum Gasteiger partial charge on any atom is -0.422 e. The average Bonchev–Trinajstić information content (AvgIpc) is 2.67. The van der Waals surface area contributed by atoms with E-state index in [0.29, 0.717) is 18.8 Å². The third-order valence-corrected chi connectivity index (χ3v) is 2.50. The number of ether oxygens (including phenoxy) is 1. The van der Waals surface area contributed by atoms with Crippen molar-refractivity contribution in [1.29, 1.82) is 0 Å². The first-order chi connectivity index (χ1) is 6.79. The molecule has 1 aromatic heterocycles. The Balaban J connectivity index is 2.17. The van der Waals surface area contributed by atoms with Gasteiger partial charge >= 0.3 is 7.12 Å². The number of aromatic nitrogens is 2. The number of hydrogen-bond acceptors (Lipinski definition) is 4. The molecule has 1 aliphatic rings. The molecule has 14 heavy (non-hydrogen) atoms. The fourth-order valence-corrected chi connectivity index (χ4v) is 1.76. The highest BCUT2D eigenvalue weighted by Crippen LogP contribution is 2.18. The van der Waals surface area contributed by atoms with Crippen LogP contribution in [0.3, 0.4) is 0 Å². The van der Waals surface area contributed by atoms with Crippen LogP contribution in [-0.2, 0) is 4.74 Å². The van der Waals surface area contributed by atoms with Gasteiger partial charge in [-0.05, 0) is 18.9 Å². The predicted molar refractivity (Wildman–Crippen MR) is 51.1 cm³/mol. The summed E-state index contributed by atoms with van der Waals surface area (Å²) in [6.07, 6.45) is 3.34. The van der Waals surface area contributed by atoms with Gasteiger partial charge < -0.3 is 14.8 Å². The fourth-order valence-electron chi connectivity index (χ4n) is 1.76. The molecule has 1 aliphatic heterocycles. The van der Waals surface area contributed by atoms with Crippen molar-refractivity contribution in [3.05, 3.63) is 12.3 Å². The van der Waals surface area contributed by atoms with Crippen LogP contribution in [0.4, 0.5) is 0 Å². The predicted octanol–water partition coefficient (Wildman–Crippen LogP) is -1.09. The summed E-state index contributed by atoms with van der Waals surface area (Å²) in [5.41, 5.74) is 0.455. The maximum atomic E-state index is 9.09. The molecule has 1 saturated heterocycles. The van der Waals surface area contributed by atoms with Crippen LogP contribution < -0.4 is 5.59 Å².